The van der Waals surface area contributed by atoms with Crippen LogP contribution in [0.4, 0.5) is 0 Å². The molecule has 0 radical (unpaired) electrons. The Hall–Kier alpha value is -1.81. The van der Waals surface area contributed by atoms with Crippen LogP contribution in [0, 0.1) is 6.92 Å². The van der Waals surface area contributed by atoms with E-state index < -0.39 is 0 Å². The third kappa shape index (κ3) is 4.83. The van der Waals surface area contributed by atoms with Crippen LogP contribution < -0.4 is 5.32 Å². The van der Waals surface area contributed by atoms with Crippen molar-refractivity contribution in [2.24, 2.45) is 0 Å². The Bertz CT molecular complexity index is 687. The maximum Gasteiger partial charge on any atom is 0.251 e. The van der Waals surface area contributed by atoms with Gasteiger partial charge in [-0.25, -0.2) is 4.98 Å². The van der Waals surface area contributed by atoms with Crippen LogP contribution in [0.5, 0.6) is 0 Å². The van der Waals surface area contributed by atoms with Crippen molar-refractivity contribution in [2.45, 2.75) is 46.0 Å². The number of halogens is 1. The van der Waals surface area contributed by atoms with Gasteiger partial charge in [0.1, 0.15) is 5.76 Å². The first-order valence-electron chi connectivity index (χ1n) is 7.78. The molecule has 2 aromatic rings. The first kappa shape index (κ1) is 17.5. The largest absolute Gasteiger partial charge is 0.445 e. The van der Waals surface area contributed by atoms with Gasteiger partial charge in [0.2, 0.25) is 0 Å². The highest BCUT2D eigenvalue weighted by molar-refractivity contribution is 6.30. The molecule has 23 heavy (non-hydrogen) atoms. The summed E-state index contributed by atoms with van der Waals surface area (Å²) >= 11 is 5.89. The van der Waals surface area contributed by atoms with E-state index in [0.29, 0.717) is 17.1 Å². The van der Waals surface area contributed by atoms with E-state index >= 15 is 0 Å². The van der Waals surface area contributed by atoms with Crippen LogP contribution >= 0.6 is 11.6 Å². The SMILES string of the molecule is Cc1nc(C(C)(C)C)oc1CCCNC(=O)c1cccc(Cl)c1. The Morgan fingerprint density at radius 1 is 1.35 bits per heavy atom. The van der Waals surface area contributed by atoms with Crippen LogP contribution in [0.2, 0.25) is 5.02 Å². The minimum absolute atomic E-state index is 0.0934. The van der Waals surface area contributed by atoms with E-state index in [-0.39, 0.29) is 11.3 Å². The molecule has 5 heteroatoms. The van der Waals surface area contributed by atoms with Crippen LogP contribution in [0.25, 0.3) is 0 Å². The summed E-state index contributed by atoms with van der Waals surface area (Å²) in [6.45, 7) is 8.77. The minimum Gasteiger partial charge on any atom is -0.445 e. The van der Waals surface area contributed by atoms with Crippen LogP contribution in [-0.2, 0) is 11.8 Å². The number of carbonyl (C=O) groups is 1. The van der Waals surface area contributed by atoms with E-state index in [1.54, 1.807) is 24.3 Å². The number of hydrogen-bond donors (Lipinski definition) is 1. The average molecular weight is 335 g/mol. The van der Waals surface area contributed by atoms with E-state index in [9.17, 15) is 4.79 Å². The molecule has 0 unspecified atom stereocenters. The predicted octanol–water partition coefficient (Wildman–Crippen LogP) is 4.30. The van der Waals surface area contributed by atoms with Crippen molar-refractivity contribution < 1.29 is 9.21 Å². The zero-order valence-electron chi connectivity index (χ0n) is 14.1. The van der Waals surface area contributed by atoms with E-state index in [0.717, 1.165) is 30.2 Å². The second kappa shape index (κ2) is 7.18. The molecule has 1 N–H and O–H groups in total. The van der Waals surface area contributed by atoms with Gasteiger partial charge in [-0.2, -0.15) is 0 Å². The number of rotatable bonds is 5. The predicted molar refractivity (Wildman–Crippen MR) is 92.0 cm³/mol. The van der Waals surface area contributed by atoms with Gasteiger partial charge < -0.3 is 9.73 Å². The van der Waals surface area contributed by atoms with Gasteiger partial charge in [-0.15, -0.1) is 0 Å². The first-order chi connectivity index (χ1) is 10.8. The van der Waals surface area contributed by atoms with E-state index in [1.807, 2.05) is 6.92 Å². The lowest BCUT2D eigenvalue weighted by Crippen LogP contribution is -2.24. The molecule has 1 aromatic carbocycles. The molecule has 0 spiro atoms. The zero-order valence-corrected chi connectivity index (χ0v) is 14.8. The summed E-state index contributed by atoms with van der Waals surface area (Å²) in [4.78, 5) is 16.5. The first-order valence-corrected chi connectivity index (χ1v) is 8.16. The lowest BCUT2D eigenvalue weighted by Gasteiger charge is -2.12. The molecule has 0 atom stereocenters. The number of nitrogens with zero attached hydrogens (tertiary/aromatic N) is 1. The standard InChI is InChI=1S/C18H23ClN2O2/c1-12-15(23-17(21-12)18(2,3)4)9-6-10-20-16(22)13-7-5-8-14(19)11-13/h5,7-8,11H,6,9-10H2,1-4H3,(H,20,22). The maximum absolute atomic E-state index is 12.0. The normalized spacial score (nSPS) is 11.5. The molecule has 1 amide bonds. The maximum atomic E-state index is 12.0. The van der Waals surface area contributed by atoms with Crippen molar-refractivity contribution >= 4 is 17.5 Å². The summed E-state index contributed by atoms with van der Waals surface area (Å²) in [6, 6.07) is 6.92. The van der Waals surface area contributed by atoms with Crippen LogP contribution in [-0.4, -0.2) is 17.4 Å². The van der Waals surface area contributed by atoms with Gasteiger partial charge in [0, 0.05) is 29.0 Å². The van der Waals surface area contributed by atoms with Gasteiger partial charge in [-0.05, 0) is 31.5 Å². The third-order valence-electron chi connectivity index (χ3n) is 3.49. The van der Waals surface area contributed by atoms with Gasteiger partial charge in [-0.3, -0.25) is 4.79 Å². The number of oxazole rings is 1. The smallest absolute Gasteiger partial charge is 0.251 e. The quantitative estimate of drug-likeness (QED) is 0.829. The highest BCUT2D eigenvalue weighted by Gasteiger charge is 2.22. The molecule has 2 rings (SSSR count). The van der Waals surface area contributed by atoms with Gasteiger partial charge >= 0.3 is 0 Å². The molecule has 0 fully saturated rings. The molecule has 0 aliphatic carbocycles. The second-order valence-corrected chi connectivity index (χ2v) is 7.08. The Morgan fingerprint density at radius 3 is 2.70 bits per heavy atom. The molecule has 124 valence electrons. The molecule has 0 bridgehead atoms. The molecule has 0 aliphatic rings. The van der Waals surface area contributed by atoms with Crippen molar-refractivity contribution in [1.29, 1.82) is 0 Å². The van der Waals surface area contributed by atoms with Crippen LogP contribution in [0.3, 0.4) is 0 Å². The van der Waals surface area contributed by atoms with Crippen LogP contribution in [0.15, 0.2) is 28.7 Å². The average Bonchev–Trinajstić information content (AvgIpc) is 2.85. The fraction of sp³-hybridized carbons (Fsp3) is 0.444. The Kier molecular flexibility index (Phi) is 5.47. The molecule has 0 saturated heterocycles. The van der Waals surface area contributed by atoms with Crippen molar-refractivity contribution in [1.82, 2.24) is 10.3 Å². The molecule has 0 aliphatic heterocycles. The zero-order chi connectivity index (χ0) is 17.0. The Balaban J connectivity index is 1.84. The number of benzene rings is 1. The summed E-state index contributed by atoms with van der Waals surface area (Å²) in [6.07, 6.45) is 1.55. The lowest BCUT2D eigenvalue weighted by molar-refractivity contribution is 0.0953. The number of aryl methyl sites for hydroxylation is 2. The summed E-state index contributed by atoms with van der Waals surface area (Å²) in [5.41, 5.74) is 1.41. The molecule has 4 nitrogen and oxygen atoms in total. The molecular formula is C18H23ClN2O2. The third-order valence-corrected chi connectivity index (χ3v) is 3.72. The van der Waals surface area contributed by atoms with E-state index in [2.05, 4.69) is 31.1 Å². The fourth-order valence-corrected chi connectivity index (χ4v) is 2.35. The summed E-state index contributed by atoms with van der Waals surface area (Å²) in [7, 11) is 0. The highest BCUT2D eigenvalue weighted by Crippen LogP contribution is 2.24. The number of aromatic nitrogens is 1. The molecular weight excluding hydrogens is 312 g/mol. The van der Waals surface area contributed by atoms with Crippen molar-refractivity contribution in [3.8, 4) is 0 Å². The summed E-state index contributed by atoms with van der Waals surface area (Å²) in [5, 5.41) is 3.45. The fourth-order valence-electron chi connectivity index (χ4n) is 2.16. The number of hydrogen-bond acceptors (Lipinski definition) is 3. The van der Waals surface area contributed by atoms with Crippen molar-refractivity contribution in [3.63, 3.8) is 0 Å². The van der Waals surface area contributed by atoms with Gasteiger partial charge in [0.05, 0.1) is 5.69 Å². The Labute approximate surface area is 142 Å². The highest BCUT2D eigenvalue weighted by atomic mass is 35.5. The topological polar surface area (TPSA) is 55.1 Å². The van der Waals surface area contributed by atoms with Gasteiger partial charge in [0.25, 0.3) is 5.91 Å². The number of carbonyl (C=O) groups excluding carboxylic acids is 1. The summed E-state index contributed by atoms with van der Waals surface area (Å²) < 4.78 is 5.85. The molecule has 1 aromatic heterocycles. The van der Waals surface area contributed by atoms with E-state index in [4.69, 9.17) is 16.0 Å². The van der Waals surface area contributed by atoms with Crippen molar-refractivity contribution in [3.05, 3.63) is 52.2 Å². The van der Waals surface area contributed by atoms with E-state index in [1.165, 1.54) is 0 Å². The van der Waals surface area contributed by atoms with Gasteiger partial charge in [0.15, 0.2) is 5.89 Å². The summed E-state index contributed by atoms with van der Waals surface area (Å²) in [5.74, 6) is 1.54. The van der Waals surface area contributed by atoms with Crippen LogP contribution in [0.1, 0.15) is 54.9 Å². The second-order valence-electron chi connectivity index (χ2n) is 6.65. The monoisotopic (exact) mass is 334 g/mol. The molecule has 0 saturated carbocycles. The Morgan fingerprint density at radius 2 is 2.09 bits per heavy atom. The molecule has 1 heterocycles. The van der Waals surface area contributed by atoms with Gasteiger partial charge in [-0.1, -0.05) is 38.4 Å². The number of amides is 1. The number of nitrogens with one attached hydrogen (secondary N) is 1. The minimum atomic E-state index is -0.114. The lowest BCUT2D eigenvalue weighted by atomic mass is 9.97. The van der Waals surface area contributed by atoms with Crippen molar-refractivity contribution in [2.75, 3.05) is 6.54 Å².